The summed E-state index contributed by atoms with van der Waals surface area (Å²) in [6.45, 7) is 8.39. The van der Waals surface area contributed by atoms with E-state index >= 15 is 0 Å². The van der Waals surface area contributed by atoms with Crippen molar-refractivity contribution < 1.29 is 4.79 Å². The SMILES string of the molecule is C=CCN(Cc1ccc(C#N)cc1)C(=O)c1ccc(-n2nc(C)c(Cl)c2C)cc1. The van der Waals surface area contributed by atoms with Gasteiger partial charge >= 0.3 is 0 Å². The van der Waals surface area contributed by atoms with E-state index in [0.717, 1.165) is 22.6 Å². The Morgan fingerprint density at radius 1 is 1.21 bits per heavy atom. The summed E-state index contributed by atoms with van der Waals surface area (Å²) in [5, 5.41) is 14.0. The largest absolute Gasteiger partial charge is 0.331 e. The van der Waals surface area contributed by atoms with Crippen molar-refractivity contribution in [2.45, 2.75) is 20.4 Å². The highest BCUT2D eigenvalue weighted by atomic mass is 35.5. The molecule has 0 aliphatic carbocycles. The first-order valence-corrected chi connectivity index (χ1v) is 9.53. The number of carbonyl (C=O) groups is 1. The Kier molecular flexibility index (Phi) is 6.16. The number of hydrogen-bond acceptors (Lipinski definition) is 3. The minimum absolute atomic E-state index is 0.0905. The van der Waals surface area contributed by atoms with Gasteiger partial charge in [-0.1, -0.05) is 29.8 Å². The lowest BCUT2D eigenvalue weighted by Gasteiger charge is -2.21. The van der Waals surface area contributed by atoms with E-state index in [1.165, 1.54) is 0 Å². The van der Waals surface area contributed by atoms with Gasteiger partial charge in [0, 0.05) is 18.7 Å². The molecule has 0 saturated carbocycles. The van der Waals surface area contributed by atoms with Gasteiger partial charge in [-0.05, 0) is 55.8 Å². The number of aryl methyl sites for hydroxylation is 1. The summed E-state index contributed by atoms with van der Waals surface area (Å²) in [5.74, 6) is -0.0905. The summed E-state index contributed by atoms with van der Waals surface area (Å²) >= 11 is 6.23. The van der Waals surface area contributed by atoms with Gasteiger partial charge in [0.2, 0.25) is 0 Å². The molecule has 0 unspecified atom stereocenters. The van der Waals surface area contributed by atoms with Crippen molar-refractivity contribution in [3.63, 3.8) is 0 Å². The summed E-state index contributed by atoms with van der Waals surface area (Å²) in [6.07, 6.45) is 1.70. The van der Waals surface area contributed by atoms with Crippen LogP contribution in [0.4, 0.5) is 0 Å². The zero-order chi connectivity index (χ0) is 21.0. The molecule has 0 aliphatic heterocycles. The maximum absolute atomic E-state index is 13.0. The molecule has 0 spiro atoms. The average molecular weight is 405 g/mol. The molecule has 2 aromatic carbocycles. The van der Waals surface area contributed by atoms with Crippen LogP contribution in [0.25, 0.3) is 5.69 Å². The molecule has 1 heterocycles. The van der Waals surface area contributed by atoms with E-state index in [1.54, 1.807) is 39.9 Å². The van der Waals surface area contributed by atoms with Crippen LogP contribution in [0.1, 0.15) is 32.9 Å². The highest BCUT2D eigenvalue weighted by molar-refractivity contribution is 6.31. The molecule has 5 nitrogen and oxygen atoms in total. The van der Waals surface area contributed by atoms with Crippen LogP contribution >= 0.6 is 11.6 Å². The van der Waals surface area contributed by atoms with Gasteiger partial charge < -0.3 is 4.90 Å². The maximum Gasteiger partial charge on any atom is 0.254 e. The van der Waals surface area contributed by atoms with Crippen molar-refractivity contribution >= 4 is 17.5 Å². The molecule has 0 bridgehead atoms. The minimum atomic E-state index is -0.0905. The predicted molar refractivity (Wildman–Crippen MR) is 114 cm³/mol. The second-order valence-electron chi connectivity index (χ2n) is 6.73. The molecule has 29 heavy (non-hydrogen) atoms. The molecule has 1 amide bonds. The van der Waals surface area contributed by atoms with Crippen LogP contribution in [0.3, 0.4) is 0 Å². The van der Waals surface area contributed by atoms with Gasteiger partial charge in [0.1, 0.15) is 0 Å². The number of aromatic nitrogens is 2. The zero-order valence-electron chi connectivity index (χ0n) is 16.4. The highest BCUT2D eigenvalue weighted by Crippen LogP contribution is 2.23. The Morgan fingerprint density at radius 2 is 1.86 bits per heavy atom. The van der Waals surface area contributed by atoms with Crippen LogP contribution in [0.2, 0.25) is 5.02 Å². The third kappa shape index (κ3) is 4.39. The fraction of sp³-hybridized carbons (Fsp3) is 0.174. The fourth-order valence-electron chi connectivity index (χ4n) is 3.08. The van der Waals surface area contributed by atoms with Crippen molar-refractivity contribution in [1.29, 1.82) is 5.26 Å². The minimum Gasteiger partial charge on any atom is -0.331 e. The van der Waals surface area contributed by atoms with Gasteiger partial charge in [0.05, 0.1) is 33.7 Å². The Bertz CT molecular complexity index is 1080. The molecule has 1 aromatic heterocycles. The smallest absolute Gasteiger partial charge is 0.254 e. The van der Waals surface area contributed by atoms with Crippen LogP contribution in [0.15, 0.2) is 61.2 Å². The molecule has 0 N–H and O–H groups in total. The van der Waals surface area contributed by atoms with Crippen LogP contribution in [-0.4, -0.2) is 27.1 Å². The maximum atomic E-state index is 13.0. The first-order valence-electron chi connectivity index (χ1n) is 9.16. The van der Waals surface area contributed by atoms with Gasteiger partial charge in [-0.25, -0.2) is 4.68 Å². The Balaban J connectivity index is 1.81. The fourth-order valence-corrected chi connectivity index (χ4v) is 3.20. The summed E-state index contributed by atoms with van der Waals surface area (Å²) in [7, 11) is 0. The van der Waals surface area contributed by atoms with E-state index in [1.807, 2.05) is 38.1 Å². The third-order valence-corrected chi connectivity index (χ3v) is 5.20. The molecule has 0 radical (unpaired) electrons. The predicted octanol–water partition coefficient (Wildman–Crippen LogP) is 4.84. The zero-order valence-corrected chi connectivity index (χ0v) is 17.1. The Hall–Kier alpha value is -3.36. The lowest BCUT2D eigenvalue weighted by Crippen LogP contribution is -2.30. The van der Waals surface area contributed by atoms with Crippen LogP contribution < -0.4 is 0 Å². The molecule has 3 aromatic rings. The quantitative estimate of drug-likeness (QED) is 0.552. The monoisotopic (exact) mass is 404 g/mol. The summed E-state index contributed by atoms with van der Waals surface area (Å²) in [6, 6.07) is 16.6. The van der Waals surface area contributed by atoms with E-state index in [2.05, 4.69) is 17.7 Å². The molecule has 0 saturated heterocycles. The third-order valence-electron chi connectivity index (χ3n) is 4.65. The standard InChI is InChI=1S/C23H21ClN4O/c1-4-13-27(15-19-7-5-18(14-25)6-8-19)23(29)20-9-11-21(12-10-20)28-17(3)22(24)16(2)26-28/h4-12H,1,13,15H2,2-3H3. The van der Waals surface area contributed by atoms with Gasteiger partial charge in [0.25, 0.3) is 5.91 Å². The van der Waals surface area contributed by atoms with Crippen molar-refractivity contribution in [3.8, 4) is 11.8 Å². The van der Waals surface area contributed by atoms with Gasteiger partial charge in [-0.2, -0.15) is 10.4 Å². The van der Waals surface area contributed by atoms with Gasteiger partial charge in [0.15, 0.2) is 0 Å². The molecule has 146 valence electrons. The van der Waals surface area contributed by atoms with Crippen LogP contribution in [0, 0.1) is 25.2 Å². The Labute approximate surface area is 175 Å². The number of amides is 1. The molecule has 0 atom stereocenters. The highest BCUT2D eigenvalue weighted by Gasteiger charge is 2.16. The molecular formula is C23H21ClN4O. The molecular weight excluding hydrogens is 384 g/mol. The number of nitriles is 1. The first-order chi connectivity index (χ1) is 13.9. The topological polar surface area (TPSA) is 61.9 Å². The van der Waals surface area contributed by atoms with Crippen molar-refractivity contribution in [1.82, 2.24) is 14.7 Å². The van der Waals surface area contributed by atoms with E-state index in [4.69, 9.17) is 16.9 Å². The second kappa shape index (κ2) is 8.76. The summed E-state index contributed by atoms with van der Waals surface area (Å²) in [5.41, 5.74) is 4.60. The number of rotatable bonds is 6. The lowest BCUT2D eigenvalue weighted by molar-refractivity contribution is 0.0762. The molecule has 6 heteroatoms. The molecule has 3 rings (SSSR count). The number of carbonyl (C=O) groups excluding carboxylic acids is 1. The number of benzene rings is 2. The number of halogens is 1. The van der Waals surface area contributed by atoms with E-state index in [9.17, 15) is 4.79 Å². The lowest BCUT2D eigenvalue weighted by atomic mass is 10.1. The van der Waals surface area contributed by atoms with E-state index in [-0.39, 0.29) is 5.91 Å². The summed E-state index contributed by atoms with van der Waals surface area (Å²) in [4.78, 5) is 14.7. The van der Waals surface area contributed by atoms with Crippen molar-refractivity contribution in [2.75, 3.05) is 6.54 Å². The van der Waals surface area contributed by atoms with Crippen molar-refractivity contribution in [2.24, 2.45) is 0 Å². The normalized spacial score (nSPS) is 10.4. The van der Waals surface area contributed by atoms with Crippen LogP contribution in [-0.2, 0) is 6.54 Å². The number of nitrogens with zero attached hydrogens (tertiary/aromatic N) is 4. The van der Waals surface area contributed by atoms with Gasteiger partial charge in [-0.3, -0.25) is 4.79 Å². The average Bonchev–Trinajstić information content (AvgIpc) is 3.01. The summed E-state index contributed by atoms with van der Waals surface area (Å²) < 4.78 is 1.77. The van der Waals surface area contributed by atoms with E-state index < -0.39 is 0 Å². The Morgan fingerprint density at radius 3 is 2.38 bits per heavy atom. The van der Waals surface area contributed by atoms with Crippen molar-refractivity contribution in [3.05, 3.63) is 94.3 Å². The second-order valence-corrected chi connectivity index (χ2v) is 7.10. The number of hydrogen-bond donors (Lipinski definition) is 0. The molecule has 0 aliphatic rings. The van der Waals surface area contributed by atoms with Gasteiger partial charge in [-0.15, -0.1) is 6.58 Å². The first kappa shape index (κ1) is 20.4. The van der Waals surface area contributed by atoms with Crippen LogP contribution in [0.5, 0.6) is 0 Å². The van der Waals surface area contributed by atoms with E-state index in [0.29, 0.717) is 29.2 Å². The molecule has 0 fully saturated rings.